The van der Waals surface area contributed by atoms with E-state index in [1.165, 1.54) is 7.11 Å². The van der Waals surface area contributed by atoms with Crippen LogP contribution in [-0.2, 0) is 4.74 Å². The maximum absolute atomic E-state index is 13.0. The van der Waals surface area contributed by atoms with Gasteiger partial charge in [0.05, 0.1) is 17.9 Å². The van der Waals surface area contributed by atoms with Gasteiger partial charge in [-0.15, -0.1) is 0 Å². The molecule has 0 aliphatic carbocycles. The number of fused-ring (bicyclic) bond motifs is 4. The Labute approximate surface area is 130 Å². The first kappa shape index (κ1) is 13.5. The molecule has 23 heavy (non-hydrogen) atoms. The van der Waals surface area contributed by atoms with E-state index in [0.717, 1.165) is 10.8 Å². The predicted molar refractivity (Wildman–Crippen MR) is 88.8 cm³/mol. The van der Waals surface area contributed by atoms with Crippen LogP contribution in [0.2, 0.25) is 0 Å². The zero-order chi connectivity index (χ0) is 16.0. The number of carbonyl (C=O) groups excluding carboxylic acids is 1. The Morgan fingerprint density at radius 3 is 2.57 bits per heavy atom. The first-order valence-electron chi connectivity index (χ1n) is 7.16. The largest absolute Gasteiger partial charge is 0.465 e. The summed E-state index contributed by atoms with van der Waals surface area (Å²) in [5.74, 6) is -0.529. The van der Waals surface area contributed by atoms with Crippen LogP contribution < -0.4 is 5.43 Å². The highest BCUT2D eigenvalue weighted by atomic mass is 16.5. The van der Waals surface area contributed by atoms with Gasteiger partial charge in [-0.3, -0.25) is 4.79 Å². The zero-order valence-corrected chi connectivity index (χ0v) is 12.3. The molecule has 0 aliphatic heterocycles. The Morgan fingerprint density at radius 2 is 1.74 bits per heavy atom. The monoisotopic (exact) mass is 304 g/mol. The standard InChI is InChI=1S/C19H12O4/c1-22-19(21)14-8-4-7-13-17(20)16-12-6-3-2-5-11(12)9-10-15(16)23-18(13)14/h2-10H,1H3. The normalized spacial score (nSPS) is 11.2. The molecule has 0 N–H and O–H groups in total. The van der Waals surface area contributed by atoms with Crippen LogP contribution in [0.4, 0.5) is 0 Å². The van der Waals surface area contributed by atoms with Gasteiger partial charge in [0.2, 0.25) is 5.43 Å². The minimum Gasteiger partial charge on any atom is -0.465 e. The van der Waals surface area contributed by atoms with E-state index in [2.05, 4.69) is 0 Å². The third-order valence-electron chi connectivity index (χ3n) is 3.99. The number of hydrogen-bond donors (Lipinski definition) is 0. The highest BCUT2D eigenvalue weighted by Crippen LogP contribution is 2.27. The van der Waals surface area contributed by atoms with Crippen molar-refractivity contribution in [2.75, 3.05) is 7.11 Å². The van der Waals surface area contributed by atoms with E-state index in [4.69, 9.17) is 9.15 Å². The second-order valence-corrected chi connectivity index (χ2v) is 5.26. The van der Waals surface area contributed by atoms with E-state index >= 15 is 0 Å². The summed E-state index contributed by atoms with van der Waals surface area (Å²) in [7, 11) is 1.30. The average molecular weight is 304 g/mol. The number of rotatable bonds is 1. The van der Waals surface area contributed by atoms with E-state index in [9.17, 15) is 9.59 Å². The lowest BCUT2D eigenvalue weighted by atomic mass is 10.0. The van der Waals surface area contributed by atoms with Crippen LogP contribution in [-0.4, -0.2) is 13.1 Å². The van der Waals surface area contributed by atoms with E-state index in [-0.39, 0.29) is 16.6 Å². The Hall–Kier alpha value is -3.14. The fraction of sp³-hybridized carbons (Fsp3) is 0.0526. The molecule has 0 saturated carbocycles. The number of carbonyl (C=O) groups is 1. The van der Waals surface area contributed by atoms with E-state index in [0.29, 0.717) is 16.4 Å². The highest BCUT2D eigenvalue weighted by molar-refractivity contribution is 6.10. The van der Waals surface area contributed by atoms with Crippen molar-refractivity contribution in [1.29, 1.82) is 0 Å². The molecule has 4 aromatic rings. The molecule has 3 aromatic carbocycles. The number of hydrogen-bond acceptors (Lipinski definition) is 4. The fourth-order valence-electron chi connectivity index (χ4n) is 2.91. The first-order chi connectivity index (χ1) is 11.2. The maximum Gasteiger partial charge on any atom is 0.341 e. The summed E-state index contributed by atoms with van der Waals surface area (Å²) in [5, 5.41) is 2.70. The van der Waals surface area contributed by atoms with Gasteiger partial charge in [0.1, 0.15) is 11.1 Å². The van der Waals surface area contributed by atoms with Gasteiger partial charge in [0, 0.05) is 0 Å². The predicted octanol–water partition coefficient (Wildman–Crippen LogP) is 3.89. The summed E-state index contributed by atoms with van der Waals surface area (Å²) in [6.07, 6.45) is 0. The highest BCUT2D eigenvalue weighted by Gasteiger charge is 2.17. The molecule has 0 aliphatic rings. The number of esters is 1. The number of benzene rings is 3. The summed E-state index contributed by atoms with van der Waals surface area (Å²) in [4.78, 5) is 24.9. The third-order valence-corrected chi connectivity index (χ3v) is 3.99. The molecule has 0 radical (unpaired) electrons. The van der Waals surface area contributed by atoms with Crippen LogP contribution in [0.3, 0.4) is 0 Å². The van der Waals surface area contributed by atoms with E-state index in [1.807, 2.05) is 30.3 Å². The maximum atomic E-state index is 13.0. The van der Waals surface area contributed by atoms with Gasteiger partial charge in [-0.25, -0.2) is 4.79 Å². The smallest absolute Gasteiger partial charge is 0.341 e. The van der Waals surface area contributed by atoms with Crippen LogP contribution in [0.25, 0.3) is 32.7 Å². The molecule has 0 bridgehead atoms. The Bertz CT molecular complexity index is 1140. The average Bonchev–Trinajstić information content (AvgIpc) is 2.60. The van der Waals surface area contributed by atoms with Crippen molar-refractivity contribution in [3.05, 3.63) is 70.4 Å². The lowest BCUT2D eigenvalue weighted by molar-refractivity contribution is 0.0602. The van der Waals surface area contributed by atoms with Crippen LogP contribution in [0, 0.1) is 0 Å². The Morgan fingerprint density at radius 1 is 0.957 bits per heavy atom. The quantitative estimate of drug-likeness (QED) is 0.304. The third kappa shape index (κ3) is 1.92. The van der Waals surface area contributed by atoms with Crippen LogP contribution in [0.1, 0.15) is 10.4 Å². The van der Waals surface area contributed by atoms with E-state index < -0.39 is 5.97 Å². The molecule has 1 heterocycles. The van der Waals surface area contributed by atoms with Crippen LogP contribution in [0.5, 0.6) is 0 Å². The summed E-state index contributed by atoms with van der Waals surface area (Å²) >= 11 is 0. The summed E-state index contributed by atoms with van der Waals surface area (Å²) < 4.78 is 10.7. The van der Waals surface area contributed by atoms with Crippen molar-refractivity contribution >= 4 is 38.7 Å². The van der Waals surface area contributed by atoms with E-state index in [1.54, 1.807) is 24.3 Å². The molecular formula is C19H12O4. The lowest BCUT2D eigenvalue weighted by Gasteiger charge is -2.07. The fourth-order valence-corrected chi connectivity index (χ4v) is 2.91. The molecule has 0 saturated heterocycles. The van der Waals surface area contributed by atoms with Crippen LogP contribution in [0.15, 0.2) is 63.8 Å². The van der Waals surface area contributed by atoms with Crippen molar-refractivity contribution in [2.45, 2.75) is 0 Å². The van der Waals surface area contributed by atoms with Gasteiger partial charge in [0.25, 0.3) is 0 Å². The molecule has 1 aromatic heterocycles. The van der Waals surface area contributed by atoms with Crippen LogP contribution >= 0.6 is 0 Å². The lowest BCUT2D eigenvalue weighted by Crippen LogP contribution is -2.07. The number of ether oxygens (including phenoxy) is 1. The van der Waals surface area contributed by atoms with Gasteiger partial charge in [0.15, 0.2) is 5.58 Å². The van der Waals surface area contributed by atoms with Crippen molar-refractivity contribution in [3.8, 4) is 0 Å². The van der Waals surface area contributed by atoms with Crippen molar-refractivity contribution in [1.82, 2.24) is 0 Å². The van der Waals surface area contributed by atoms with Gasteiger partial charge in [-0.05, 0) is 29.0 Å². The van der Waals surface area contributed by atoms with Crippen molar-refractivity contribution in [3.63, 3.8) is 0 Å². The molecular weight excluding hydrogens is 292 g/mol. The molecule has 0 atom stereocenters. The Kier molecular flexibility index (Phi) is 2.91. The summed E-state index contributed by atoms with van der Waals surface area (Å²) in [5.41, 5.74) is 0.811. The minimum absolute atomic E-state index is 0.149. The number of para-hydroxylation sites is 1. The summed E-state index contributed by atoms with van der Waals surface area (Å²) in [6.45, 7) is 0. The SMILES string of the molecule is COC(=O)c1cccc2c(=O)c3c(ccc4ccccc43)oc12. The van der Waals surface area contributed by atoms with Gasteiger partial charge in [-0.1, -0.05) is 36.4 Å². The van der Waals surface area contributed by atoms with Crippen molar-refractivity contribution < 1.29 is 13.9 Å². The topological polar surface area (TPSA) is 56.5 Å². The molecule has 0 unspecified atom stereocenters. The van der Waals surface area contributed by atoms with Gasteiger partial charge in [-0.2, -0.15) is 0 Å². The number of methoxy groups -OCH3 is 1. The molecule has 4 heteroatoms. The van der Waals surface area contributed by atoms with Gasteiger partial charge < -0.3 is 9.15 Å². The first-order valence-corrected chi connectivity index (χ1v) is 7.16. The molecule has 0 amide bonds. The summed E-state index contributed by atoms with van der Waals surface area (Å²) in [6, 6.07) is 16.2. The zero-order valence-electron chi connectivity index (χ0n) is 12.3. The second-order valence-electron chi connectivity index (χ2n) is 5.26. The Balaban J connectivity index is 2.24. The van der Waals surface area contributed by atoms with Crippen molar-refractivity contribution in [2.24, 2.45) is 0 Å². The second kappa shape index (κ2) is 4.95. The molecule has 4 nitrogen and oxygen atoms in total. The molecule has 0 spiro atoms. The van der Waals surface area contributed by atoms with Gasteiger partial charge >= 0.3 is 5.97 Å². The molecule has 4 rings (SSSR count). The molecule has 0 fully saturated rings. The molecule has 112 valence electrons. The minimum atomic E-state index is -0.529.